The third kappa shape index (κ3) is 9.88. The second kappa shape index (κ2) is 19.1. The molecule has 0 atom stereocenters. The molecule has 0 radical (unpaired) electrons. The molecule has 73 heavy (non-hydrogen) atoms. The van der Waals surface area contributed by atoms with Crippen molar-refractivity contribution in [1.29, 1.82) is 0 Å². The first-order valence-corrected chi connectivity index (χ1v) is 35.2. The van der Waals surface area contributed by atoms with Crippen molar-refractivity contribution in [2.45, 2.75) is 195 Å². The van der Waals surface area contributed by atoms with Crippen molar-refractivity contribution in [2.75, 3.05) is 0 Å². The summed E-state index contributed by atoms with van der Waals surface area (Å²) >= 11 is 0.0833. The molecule has 13 rings (SSSR count). The number of rotatable bonds is 8. The van der Waals surface area contributed by atoms with E-state index < -0.39 is 11.7 Å². The number of alkyl halides is 3. The number of benzene rings is 4. The third-order valence-corrected chi connectivity index (χ3v) is 18.8. The molecular weight excluding hydrogens is 1070 g/mol. The number of pyridine rings is 1. The molecule has 8 aliphatic carbocycles. The van der Waals surface area contributed by atoms with Crippen molar-refractivity contribution in [3.63, 3.8) is 0 Å². The number of hydrogen-bond acceptors (Lipinski definition) is 3. The van der Waals surface area contributed by atoms with Crippen LogP contribution < -0.4 is 10.2 Å². The molecule has 0 N–H and O–H groups in total. The Kier molecular flexibility index (Phi) is 13.8. The first kappa shape index (κ1) is 52.7. The molecule has 0 amide bonds. The second-order valence-corrected chi connectivity index (χ2v) is 30.8. The monoisotopic (exact) mass is 1160 g/mol. The molecule has 1 aromatic heterocycles. The summed E-state index contributed by atoms with van der Waals surface area (Å²) in [7, 11) is 0. The maximum atomic E-state index is 15.6. The molecule has 8 bridgehead atoms. The number of hydrogen-bond donors (Lipinski definition) is 0. The summed E-state index contributed by atoms with van der Waals surface area (Å²) in [6.07, 6.45) is 9.03. The topological polar surface area (TPSA) is 59.0 Å². The minimum absolute atomic E-state index is 0.00384. The molecule has 5 aromatic rings. The second-order valence-electron chi connectivity index (χ2n) is 27.2. The van der Waals surface area contributed by atoms with Gasteiger partial charge in [0.25, 0.3) is 0 Å². The van der Waals surface area contributed by atoms with E-state index in [2.05, 4.69) is 90.7 Å². The predicted octanol–water partition coefficient (Wildman–Crippen LogP) is 17.9. The Bertz CT molecular complexity index is 2660. The zero-order chi connectivity index (χ0) is 52.3. The van der Waals surface area contributed by atoms with Crippen molar-refractivity contribution in [3.8, 4) is 56.3 Å². The summed E-state index contributed by atoms with van der Waals surface area (Å²) in [6.45, 7) is 21.4. The Balaban J connectivity index is 0.00000199. The van der Waals surface area contributed by atoms with Gasteiger partial charge in [0.2, 0.25) is 0 Å². The molecule has 8 saturated carbocycles. The molecule has 0 spiro atoms. The Hall–Kier alpha value is -3.71. The molecule has 386 valence electrons. The maximum absolute atomic E-state index is 15.6. The molecule has 8 aliphatic rings. The Morgan fingerprint density at radius 2 is 0.781 bits per heavy atom. The van der Waals surface area contributed by atoms with Crippen molar-refractivity contribution < 1.29 is 46.3 Å². The molecule has 4 aromatic carbocycles. The summed E-state index contributed by atoms with van der Waals surface area (Å²) in [4.78, 5) is 5.31. The van der Waals surface area contributed by atoms with Crippen LogP contribution in [-0.4, -0.2) is 4.98 Å². The fraction of sp³-hybridized carbons (Fsp3) is 0.561. The molecule has 0 saturated heterocycles. The Morgan fingerprint density at radius 1 is 0.466 bits per heavy atom. The van der Waals surface area contributed by atoms with Crippen molar-refractivity contribution >= 4 is 0 Å². The van der Waals surface area contributed by atoms with Gasteiger partial charge in [0, 0.05) is 11.1 Å². The summed E-state index contributed by atoms with van der Waals surface area (Å²) in [5.74, 6) is 3.96. The van der Waals surface area contributed by atoms with E-state index in [4.69, 9.17) is 4.98 Å². The SMILES string of the molecule is CC(C)c1ccc(-c2cc(C(C)(C)C)cc(C34CC5CC(CC(C5)C3)C4)c2[O-])c(-c2cc(C(F)(F)F)cc(-c3cc(C(C)C)ccc3-c3cc(C(C)(C)C)cc(C45CC6CC(CC(C6)C4)C5)c3[O-])n2)c1.[CH3][Hf+2][CH3]. The molecule has 7 heteroatoms. The standard InChI is InChI=1S/C64H76F3NO2.2CH3.Hf/c1-35(2)43-11-13-48(52-23-45(60(5,6)7)25-54(58(52)69)62-29-37-15-38(30-62)17-39(16-37)31-62)50(21-43)56-27-47(64(65,66)67)28-57(68-56)51-22-44(36(3)4)12-14-49(51)53-24-46(61(8,9)10)26-55(59(53)70)63-32-40-18-41(33-63)20-42(19-40)34-63;;;/h11-14,21-28,35-42,69-70H,15-20,29-34H2,1-10H3;2*1H3;/q;;;+2/p-2. The van der Waals surface area contributed by atoms with Gasteiger partial charge >= 0.3 is 38.4 Å². The fourth-order valence-electron chi connectivity index (χ4n) is 15.9. The summed E-state index contributed by atoms with van der Waals surface area (Å²) < 4.78 is 51.5. The summed E-state index contributed by atoms with van der Waals surface area (Å²) in [5.41, 5.74) is 7.79. The first-order valence-electron chi connectivity index (χ1n) is 28.0. The van der Waals surface area contributed by atoms with E-state index in [0.29, 0.717) is 68.9 Å². The van der Waals surface area contributed by atoms with E-state index in [1.807, 2.05) is 48.5 Å². The van der Waals surface area contributed by atoms with E-state index in [9.17, 15) is 0 Å². The van der Waals surface area contributed by atoms with Crippen LogP contribution in [0.25, 0.3) is 44.8 Å². The Labute approximate surface area is 447 Å². The van der Waals surface area contributed by atoms with Crippen LogP contribution in [0.2, 0.25) is 9.36 Å². The quantitative estimate of drug-likeness (QED) is 0.146. The van der Waals surface area contributed by atoms with Gasteiger partial charge in [0.1, 0.15) is 0 Å². The first-order chi connectivity index (χ1) is 34.3. The zero-order valence-electron chi connectivity index (χ0n) is 45.9. The van der Waals surface area contributed by atoms with E-state index in [-0.39, 0.29) is 79.3 Å². The molecule has 0 unspecified atom stereocenters. The summed E-state index contributed by atoms with van der Waals surface area (Å²) in [5, 5.41) is 31.0. The number of halogens is 3. The van der Waals surface area contributed by atoms with Crippen LogP contribution in [0.3, 0.4) is 0 Å². The van der Waals surface area contributed by atoms with Gasteiger partial charge in [-0.05, 0) is 226 Å². The zero-order valence-corrected chi connectivity index (χ0v) is 49.5. The third-order valence-electron chi connectivity index (χ3n) is 18.8. The Morgan fingerprint density at radius 3 is 1.05 bits per heavy atom. The molecule has 1 heterocycles. The van der Waals surface area contributed by atoms with Crippen molar-refractivity contribution in [3.05, 3.63) is 112 Å². The van der Waals surface area contributed by atoms with Gasteiger partial charge in [-0.2, -0.15) is 13.2 Å². The molecule has 3 nitrogen and oxygen atoms in total. The normalized spacial score (nSPS) is 27.1. The van der Waals surface area contributed by atoms with E-state index in [1.54, 1.807) is 0 Å². The van der Waals surface area contributed by atoms with Crippen LogP contribution in [0.15, 0.2) is 72.8 Å². The fourth-order valence-corrected chi connectivity index (χ4v) is 15.9. The van der Waals surface area contributed by atoms with Gasteiger partial charge < -0.3 is 10.2 Å². The molecule has 8 fully saturated rings. The van der Waals surface area contributed by atoms with E-state index >= 15 is 23.4 Å². The van der Waals surface area contributed by atoms with Crippen LogP contribution in [-0.2, 0) is 50.7 Å². The average molecular weight is 1150 g/mol. The summed E-state index contributed by atoms with van der Waals surface area (Å²) in [6, 6.07) is 22.8. The minimum atomic E-state index is -4.71. The van der Waals surface area contributed by atoms with Crippen LogP contribution in [0.1, 0.15) is 197 Å². The van der Waals surface area contributed by atoms with Gasteiger partial charge in [-0.15, -0.1) is 0 Å². The van der Waals surface area contributed by atoms with Gasteiger partial charge in [-0.3, -0.25) is 0 Å². The predicted molar refractivity (Wildman–Crippen MR) is 287 cm³/mol. The van der Waals surface area contributed by atoms with Crippen LogP contribution in [0, 0.1) is 35.5 Å². The van der Waals surface area contributed by atoms with Gasteiger partial charge in [-0.1, -0.05) is 129 Å². The van der Waals surface area contributed by atoms with Gasteiger partial charge in [0.05, 0.1) is 17.0 Å². The molecular formula is C66H80F3HfNO2. The van der Waals surface area contributed by atoms with Crippen LogP contribution in [0.4, 0.5) is 13.2 Å². The van der Waals surface area contributed by atoms with E-state index in [1.165, 1.54) is 50.7 Å². The van der Waals surface area contributed by atoms with Crippen molar-refractivity contribution in [2.24, 2.45) is 35.5 Å². The van der Waals surface area contributed by atoms with Crippen molar-refractivity contribution in [1.82, 2.24) is 4.98 Å². The van der Waals surface area contributed by atoms with E-state index in [0.717, 1.165) is 71.9 Å². The van der Waals surface area contributed by atoms with Gasteiger partial charge in [0.15, 0.2) is 0 Å². The van der Waals surface area contributed by atoms with Crippen LogP contribution in [0.5, 0.6) is 11.5 Å². The van der Waals surface area contributed by atoms with Crippen LogP contribution >= 0.6 is 0 Å². The number of nitrogens with zero attached hydrogens (tertiary/aromatic N) is 1. The number of aromatic nitrogens is 1. The average Bonchev–Trinajstić information content (AvgIpc) is 3.29. The molecule has 0 aliphatic heterocycles. The van der Waals surface area contributed by atoms with Gasteiger partial charge in [-0.25, -0.2) is 4.98 Å².